The van der Waals surface area contributed by atoms with Gasteiger partial charge in [-0.3, -0.25) is 4.79 Å². The zero-order valence-corrected chi connectivity index (χ0v) is 12.6. The summed E-state index contributed by atoms with van der Waals surface area (Å²) in [7, 11) is 0. The molecule has 0 amide bonds. The van der Waals surface area contributed by atoms with Crippen molar-refractivity contribution >= 4 is 17.4 Å². The van der Waals surface area contributed by atoms with E-state index >= 15 is 0 Å². The summed E-state index contributed by atoms with van der Waals surface area (Å²) in [5.74, 6) is 0.565. The summed E-state index contributed by atoms with van der Waals surface area (Å²) in [6.07, 6.45) is -0.546. The van der Waals surface area contributed by atoms with Crippen molar-refractivity contribution in [2.45, 2.75) is 26.9 Å². The van der Waals surface area contributed by atoms with Crippen LogP contribution in [-0.2, 0) is 0 Å². The Labute approximate surface area is 124 Å². The van der Waals surface area contributed by atoms with Crippen molar-refractivity contribution in [2.75, 3.05) is 0 Å². The third-order valence-electron chi connectivity index (χ3n) is 3.27. The van der Waals surface area contributed by atoms with Crippen LogP contribution in [0.25, 0.3) is 0 Å². The van der Waals surface area contributed by atoms with Gasteiger partial charge < -0.3 is 4.74 Å². The van der Waals surface area contributed by atoms with Crippen LogP contribution in [0.1, 0.15) is 28.4 Å². The van der Waals surface area contributed by atoms with Crippen LogP contribution in [0.4, 0.5) is 0 Å². The molecule has 0 spiro atoms. The second kappa shape index (κ2) is 6.10. The Balaban J connectivity index is 2.14. The topological polar surface area (TPSA) is 26.3 Å². The standard InChI is InChI=1S/C17H17ClO2/c1-11-7-8-14(9-12(11)2)17(19)13(3)20-16-6-4-5-15(18)10-16/h4-10,13H,1-3H3. The molecule has 2 aromatic carbocycles. The number of benzene rings is 2. The highest BCUT2D eigenvalue weighted by atomic mass is 35.5. The number of halogens is 1. The zero-order chi connectivity index (χ0) is 14.7. The van der Waals surface area contributed by atoms with Gasteiger partial charge in [-0.25, -0.2) is 0 Å². The molecule has 104 valence electrons. The molecule has 1 unspecified atom stereocenters. The van der Waals surface area contributed by atoms with Crippen LogP contribution in [0.3, 0.4) is 0 Å². The summed E-state index contributed by atoms with van der Waals surface area (Å²) in [5.41, 5.74) is 2.94. The predicted molar refractivity (Wildman–Crippen MR) is 81.8 cm³/mol. The molecule has 0 heterocycles. The van der Waals surface area contributed by atoms with Crippen LogP contribution in [0.2, 0.25) is 5.02 Å². The summed E-state index contributed by atoms with van der Waals surface area (Å²) in [5, 5.41) is 0.591. The Kier molecular flexibility index (Phi) is 4.46. The average molecular weight is 289 g/mol. The lowest BCUT2D eigenvalue weighted by Gasteiger charge is -2.14. The second-order valence-corrected chi connectivity index (χ2v) is 5.32. The number of ether oxygens (including phenoxy) is 1. The fourth-order valence-electron chi connectivity index (χ4n) is 1.93. The average Bonchev–Trinajstić information content (AvgIpc) is 2.41. The van der Waals surface area contributed by atoms with E-state index in [2.05, 4.69) is 0 Å². The first-order valence-corrected chi connectivity index (χ1v) is 6.89. The lowest BCUT2D eigenvalue weighted by Crippen LogP contribution is -2.24. The summed E-state index contributed by atoms with van der Waals surface area (Å²) in [6, 6.07) is 12.7. The van der Waals surface area contributed by atoms with Gasteiger partial charge in [-0.05, 0) is 56.2 Å². The molecular formula is C17H17ClO2. The molecule has 0 saturated carbocycles. The van der Waals surface area contributed by atoms with Crippen LogP contribution >= 0.6 is 11.6 Å². The Hall–Kier alpha value is -1.80. The molecule has 0 radical (unpaired) electrons. The number of aryl methyl sites for hydroxylation is 2. The third kappa shape index (κ3) is 3.40. The number of carbonyl (C=O) groups excluding carboxylic acids is 1. The van der Waals surface area contributed by atoms with Gasteiger partial charge in [0, 0.05) is 10.6 Å². The van der Waals surface area contributed by atoms with Crippen molar-refractivity contribution in [3.8, 4) is 5.75 Å². The predicted octanol–water partition coefficient (Wildman–Crippen LogP) is 4.61. The Bertz CT molecular complexity index is 635. The highest BCUT2D eigenvalue weighted by molar-refractivity contribution is 6.30. The van der Waals surface area contributed by atoms with E-state index in [0.29, 0.717) is 16.3 Å². The molecule has 0 aliphatic heterocycles. The molecule has 0 bridgehead atoms. The van der Waals surface area contributed by atoms with Crippen molar-refractivity contribution < 1.29 is 9.53 Å². The monoisotopic (exact) mass is 288 g/mol. The molecule has 0 aromatic heterocycles. The Morgan fingerprint density at radius 1 is 1.10 bits per heavy atom. The van der Waals surface area contributed by atoms with E-state index in [9.17, 15) is 4.79 Å². The van der Waals surface area contributed by atoms with Gasteiger partial charge in [0.05, 0.1) is 0 Å². The number of ketones is 1. The van der Waals surface area contributed by atoms with Gasteiger partial charge in [0.25, 0.3) is 0 Å². The molecule has 0 saturated heterocycles. The number of carbonyl (C=O) groups is 1. The minimum absolute atomic E-state index is 0.0342. The molecule has 2 rings (SSSR count). The van der Waals surface area contributed by atoms with Gasteiger partial charge in [0.15, 0.2) is 6.10 Å². The maximum Gasteiger partial charge on any atom is 0.203 e. The fraction of sp³-hybridized carbons (Fsp3) is 0.235. The van der Waals surface area contributed by atoms with E-state index in [1.165, 1.54) is 5.56 Å². The minimum atomic E-state index is -0.546. The molecule has 0 aliphatic rings. The van der Waals surface area contributed by atoms with Gasteiger partial charge in [-0.1, -0.05) is 29.8 Å². The zero-order valence-electron chi connectivity index (χ0n) is 11.8. The molecule has 1 atom stereocenters. The van der Waals surface area contributed by atoms with Crippen LogP contribution in [0, 0.1) is 13.8 Å². The van der Waals surface area contributed by atoms with E-state index in [1.807, 2.05) is 32.0 Å². The first kappa shape index (κ1) is 14.6. The molecule has 0 fully saturated rings. The third-order valence-corrected chi connectivity index (χ3v) is 3.50. The van der Waals surface area contributed by atoms with Crippen molar-refractivity contribution in [2.24, 2.45) is 0 Å². The van der Waals surface area contributed by atoms with Crippen LogP contribution in [-0.4, -0.2) is 11.9 Å². The maximum atomic E-state index is 12.3. The fourth-order valence-corrected chi connectivity index (χ4v) is 2.11. The maximum absolute atomic E-state index is 12.3. The summed E-state index contributed by atoms with van der Waals surface area (Å²) >= 11 is 5.90. The summed E-state index contributed by atoms with van der Waals surface area (Å²) in [4.78, 5) is 12.3. The van der Waals surface area contributed by atoms with Crippen molar-refractivity contribution in [3.63, 3.8) is 0 Å². The van der Waals surface area contributed by atoms with Gasteiger partial charge in [-0.2, -0.15) is 0 Å². The van der Waals surface area contributed by atoms with Gasteiger partial charge in [-0.15, -0.1) is 0 Å². The quantitative estimate of drug-likeness (QED) is 0.768. The van der Waals surface area contributed by atoms with E-state index in [1.54, 1.807) is 31.2 Å². The lowest BCUT2D eigenvalue weighted by molar-refractivity contribution is 0.0818. The summed E-state index contributed by atoms with van der Waals surface area (Å²) < 4.78 is 5.65. The van der Waals surface area contributed by atoms with E-state index in [4.69, 9.17) is 16.3 Å². The molecule has 20 heavy (non-hydrogen) atoms. The number of rotatable bonds is 4. The largest absolute Gasteiger partial charge is 0.483 e. The van der Waals surface area contributed by atoms with Crippen molar-refractivity contribution in [1.82, 2.24) is 0 Å². The van der Waals surface area contributed by atoms with E-state index in [0.717, 1.165) is 5.56 Å². The first-order valence-electron chi connectivity index (χ1n) is 6.51. The van der Waals surface area contributed by atoms with Crippen molar-refractivity contribution in [1.29, 1.82) is 0 Å². The number of Topliss-reactive ketones (excluding diaryl/α,β-unsaturated/α-hetero) is 1. The summed E-state index contributed by atoms with van der Waals surface area (Å²) in [6.45, 7) is 5.77. The first-order chi connectivity index (χ1) is 9.47. The smallest absolute Gasteiger partial charge is 0.203 e. The van der Waals surface area contributed by atoms with Gasteiger partial charge in [0.2, 0.25) is 5.78 Å². The van der Waals surface area contributed by atoms with E-state index < -0.39 is 6.10 Å². The molecule has 0 N–H and O–H groups in total. The van der Waals surface area contributed by atoms with Crippen LogP contribution < -0.4 is 4.74 Å². The highest BCUT2D eigenvalue weighted by Gasteiger charge is 2.17. The molecule has 2 aromatic rings. The highest BCUT2D eigenvalue weighted by Crippen LogP contribution is 2.20. The normalized spacial score (nSPS) is 12.0. The molecular weight excluding hydrogens is 272 g/mol. The Morgan fingerprint density at radius 3 is 2.50 bits per heavy atom. The van der Waals surface area contributed by atoms with Crippen LogP contribution in [0.5, 0.6) is 5.75 Å². The molecule has 2 nitrogen and oxygen atoms in total. The number of hydrogen-bond donors (Lipinski definition) is 0. The number of hydrogen-bond acceptors (Lipinski definition) is 2. The molecule has 3 heteroatoms. The Morgan fingerprint density at radius 2 is 1.85 bits per heavy atom. The van der Waals surface area contributed by atoms with Gasteiger partial charge >= 0.3 is 0 Å². The van der Waals surface area contributed by atoms with Gasteiger partial charge in [0.1, 0.15) is 5.75 Å². The van der Waals surface area contributed by atoms with E-state index in [-0.39, 0.29) is 5.78 Å². The van der Waals surface area contributed by atoms with Crippen molar-refractivity contribution in [3.05, 3.63) is 64.2 Å². The van der Waals surface area contributed by atoms with Crippen LogP contribution in [0.15, 0.2) is 42.5 Å². The minimum Gasteiger partial charge on any atom is -0.483 e. The lowest BCUT2D eigenvalue weighted by atomic mass is 10.0. The second-order valence-electron chi connectivity index (χ2n) is 4.88. The molecule has 0 aliphatic carbocycles. The SMILES string of the molecule is Cc1ccc(C(=O)C(C)Oc2cccc(Cl)c2)cc1C.